The summed E-state index contributed by atoms with van der Waals surface area (Å²) in [5.74, 6) is 0. The van der Waals surface area contributed by atoms with E-state index >= 15 is 0 Å². The van der Waals surface area contributed by atoms with Crippen molar-refractivity contribution < 1.29 is 0 Å². The molecule has 3 heteroatoms. The van der Waals surface area contributed by atoms with Crippen LogP contribution in [0.5, 0.6) is 0 Å². The molecular formula is C11H9N3. The first-order valence-corrected chi connectivity index (χ1v) is 4.50. The lowest BCUT2D eigenvalue weighted by Gasteiger charge is -1.98. The third-order valence-electron chi connectivity index (χ3n) is 2.37. The predicted molar refractivity (Wildman–Crippen MR) is 55.9 cm³/mol. The number of fused-ring (bicyclic) bond motifs is 1. The van der Waals surface area contributed by atoms with Gasteiger partial charge in [0.25, 0.3) is 0 Å². The van der Waals surface area contributed by atoms with Crippen LogP contribution < -0.4 is 0 Å². The molecule has 3 aromatic rings. The molecule has 0 fully saturated rings. The Labute approximate surface area is 80.8 Å². The molecule has 2 N–H and O–H groups in total. The summed E-state index contributed by atoms with van der Waals surface area (Å²) >= 11 is 0. The summed E-state index contributed by atoms with van der Waals surface area (Å²) in [6, 6.07) is 6.13. The van der Waals surface area contributed by atoms with Crippen molar-refractivity contribution in [2.24, 2.45) is 0 Å². The molecule has 0 unspecified atom stereocenters. The van der Waals surface area contributed by atoms with Crippen LogP contribution in [0.25, 0.3) is 22.2 Å². The van der Waals surface area contributed by atoms with Gasteiger partial charge in [-0.25, -0.2) is 4.98 Å². The molecule has 0 aliphatic heterocycles. The van der Waals surface area contributed by atoms with E-state index in [0.717, 1.165) is 11.0 Å². The van der Waals surface area contributed by atoms with Gasteiger partial charge in [0.1, 0.15) is 5.65 Å². The Bertz CT molecular complexity index is 549. The minimum Gasteiger partial charge on any atom is -0.367 e. The lowest BCUT2D eigenvalue weighted by atomic mass is 10.1. The second-order valence-electron chi connectivity index (χ2n) is 3.20. The van der Waals surface area contributed by atoms with Crippen molar-refractivity contribution >= 4 is 11.0 Å². The van der Waals surface area contributed by atoms with Gasteiger partial charge in [-0.3, -0.25) is 0 Å². The van der Waals surface area contributed by atoms with E-state index in [1.165, 1.54) is 11.1 Å². The van der Waals surface area contributed by atoms with E-state index in [1.54, 1.807) is 0 Å². The minimum atomic E-state index is 0.934. The molecule has 3 aromatic heterocycles. The van der Waals surface area contributed by atoms with Gasteiger partial charge in [0.2, 0.25) is 0 Å². The van der Waals surface area contributed by atoms with Crippen LogP contribution in [0.3, 0.4) is 0 Å². The normalized spacial score (nSPS) is 10.9. The Morgan fingerprint density at radius 1 is 1.07 bits per heavy atom. The SMILES string of the molecule is c1cc(-c2cc[nH]c2)c2cc[nH]c2n1. The number of nitrogens with one attached hydrogen (secondary N) is 2. The third kappa shape index (κ3) is 0.956. The van der Waals surface area contributed by atoms with Crippen molar-refractivity contribution in [3.8, 4) is 11.1 Å². The molecule has 68 valence electrons. The quantitative estimate of drug-likeness (QED) is 0.598. The predicted octanol–water partition coefficient (Wildman–Crippen LogP) is 2.56. The number of aromatic amines is 2. The molecule has 0 saturated carbocycles. The van der Waals surface area contributed by atoms with E-state index in [-0.39, 0.29) is 0 Å². The van der Waals surface area contributed by atoms with Crippen molar-refractivity contribution in [1.29, 1.82) is 0 Å². The maximum atomic E-state index is 4.25. The Hall–Kier alpha value is -2.03. The van der Waals surface area contributed by atoms with Crippen LogP contribution in [-0.4, -0.2) is 15.0 Å². The molecular weight excluding hydrogens is 174 g/mol. The molecule has 3 rings (SSSR count). The summed E-state index contributed by atoms with van der Waals surface area (Å²) in [5.41, 5.74) is 3.33. The van der Waals surface area contributed by atoms with Gasteiger partial charge in [0.05, 0.1) is 0 Å². The molecule has 0 aliphatic rings. The molecule has 0 atom stereocenters. The zero-order chi connectivity index (χ0) is 9.38. The van der Waals surface area contributed by atoms with Crippen molar-refractivity contribution in [2.75, 3.05) is 0 Å². The van der Waals surface area contributed by atoms with Crippen molar-refractivity contribution in [3.05, 3.63) is 43.0 Å². The molecule has 0 saturated heterocycles. The number of nitrogens with zero attached hydrogens (tertiary/aromatic N) is 1. The van der Waals surface area contributed by atoms with Crippen molar-refractivity contribution in [2.45, 2.75) is 0 Å². The van der Waals surface area contributed by atoms with E-state index in [9.17, 15) is 0 Å². The Balaban J connectivity index is 2.36. The fourth-order valence-corrected chi connectivity index (χ4v) is 1.70. The van der Waals surface area contributed by atoms with Crippen LogP contribution in [0.15, 0.2) is 43.0 Å². The average Bonchev–Trinajstić information content (AvgIpc) is 2.88. The summed E-state index contributed by atoms with van der Waals surface area (Å²) in [5, 5.41) is 1.16. The largest absolute Gasteiger partial charge is 0.367 e. The Kier molecular flexibility index (Phi) is 1.44. The highest BCUT2D eigenvalue weighted by molar-refractivity contribution is 5.92. The smallest absolute Gasteiger partial charge is 0.137 e. The summed E-state index contributed by atoms with van der Waals surface area (Å²) in [6.07, 6.45) is 7.64. The molecule has 14 heavy (non-hydrogen) atoms. The van der Waals surface area contributed by atoms with E-state index in [0.29, 0.717) is 0 Å². The standard InChI is InChI=1S/C11H9N3/c1-4-12-7-8(1)9-2-5-13-11-10(9)3-6-14-11/h1-7,12H,(H,13,14). The van der Waals surface area contributed by atoms with Crippen LogP contribution >= 0.6 is 0 Å². The van der Waals surface area contributed by atoms with Crippen molar-refractivity contribution in [3.63, 3.8) is 0 Å². The van der Waals surface area contributed by atoms with Gasteiger partial charge in [0.15, 0.2) is 0 Å². The fourth-order valence-electron chi connectivity index (χ4n) is 1.70. The van der Waals surface area contributed by atoms with Gasteiger partial charge in [-0.05, 0) is 29.3 Å². The monoisotopic (exact) mass is 183 g/mol. The van der Waals surface area contributed by atoms with Gasteiger partial charge >= 0.3 is 0 Å². The second-order valence-corrected chi connectivity index (χ2v) is 3.20. The zero-order valence-electron chi connectivity index (χ0n) is 7.49. The maximum Gasteiger partial charge on any atom is 0.137 e. The second kappa shape index (κ2) is 2.73. The Morgan fingerprint density at radius 3 is 2.93 bits per heavy atom. The molecule has 0 aliphatic carbocycles. The molecule has 0 amide bonds. The van der Waals surface area contributed by atoms with E-state index in [4.69, 9.17) is 0 Å². The van der Waals surface area contributed by atoms with Gasteiger partial charge in [-0.2, -0.15) is 0 Å². The maximum absolute atomic E-state index is 4.25. The lowest BCUT2D eigenvalue weighted by molar-refractivity contribution is 1.33. The van der Waals surface area contributed by atoms with Crippen LogP contribution in [0.4, 0.5) is 0 Å². The highest BCUT2D eigenvalue weighted by Crippen LogP contribution is 2.25. The van der Waals surface area contributed by atoms with Gasteiger partial charge < -0.3 is 9.97 Å². The lowest BCUT2D eigenvalue weighted by Crippen LogP contribution is -1.79. The first kappa shape index (κ1) is 7.38. The van der Waals surface area contributed by atoms with Crippen LogP contribution in [0.2, 0.25) is 0 Å². The van der Waals surface area contributed by atoms with E-state index in [1.807, 2.05) is 36.9 Å². The minimum absolute atomic E-state index is 0.934. The average molecular weight is 183 g/mol. The molecule has 3 heterocycles. The zero-order valence-corrected chi connectivity index (χ0v) is 7.49. The first-order valence-electron chi connectivity index (χ1n) is 4.50. The van der Waals surface area contributed by atoms with E-state index in [2.05, 4.69) is 21.0 Å². The van der Waals surface area contributed by atoms with Crippen LogP contribution in [0, 0.1) is 0 Å². The molecule has 0 aromatic carbocycles. The highest BCUT2D eigenvalue weighted by atomic mass is 14.8. The van der Waals surface area contributed by atoms with Gasteiger partial charge in [-0.15, -0.1) is 0 Å². The third-order valence-corrected chi connectivity index (χ3v) is 2.37. The van der Waals surface area contributed by atoms with Gasteiger partial charge in [0, 0.05) is 30.2 Å². The molecule has 0 spiro atoms. The number of rotatable bonds is 1. The van der Waals surface area contributed by atoms with Crippen molar-refractivity contribution in [1.82, 2.24) is 15.0 Å². The highest BCUT2D eigenvalue weighted by Gasteiger charge is 2.04. The summed E-state index contributed by atoms with van der Waals surface area (Å²) in [7, 11) is 0. The van der Waals surface area contributed by atoms with Crippen LogP contribution in [-0.2, 0) is 0 Å². The molecule has 3 nitrogen and oxygen atoms in total. The molecule has 0 bridgehead atoms. The first-order chi connectivity index (χ1) is 6.95. The number of pyridine rings is 1. The van der Waals surface area contributed by atoms with Crippen LogP contribution in [0.1, 0.15) is 0 Å². The topological polar surface area (TPSA) is 44.5 Å². The Morgan fingerprint density at radius 2 is 2.07 bits per heavy atom. The fraction of sp³-hybridized carbons (Fsp3) is 0. The number of H-pyrrole nitrogens is 2. The van der Waals surface area contributed by atoms with E-state index < -0.39 is 0 Å². The summed E-state index contributed by atoms with van der Waals surface area (Å²) in [6.45, 7) is 0. The summed E-state index contributed by atoms with van der Waals surface area (Å²) in [4.78, 5) is 10.4. The summed E-state index contributed by atoms with van der Waals surface area (Å²) < 4.78 is 0. The number of hydrogen-bond acceptors (Lipinski definition) is 1. The number of aromatic nitrogens is 3. The molecule has 0 radical (unpaired) electrons. The number of hydrogen-bond donors (Lipinski definition) is 2. The van der Waals surface area contributed by atoms with Gasteiger partial charge in [-0.1, -0.05) is 0 Å².